The van der Waals surface area contributed by atoms with E-state index >= 15 is 0 Å². The Morgan fingerprint density at radius 3 is 2.38 bits per heavy atom. The van der Waals surface area contributed by atoms with Crippen LogP contribution in [0.1, 0.15) is 12.8 Å². The zero-order valence-electron chi connectivity index (χ0n) is 7.60. The van der Waals surface area contributed by atoms with Crippen molar-refractivity contribution in [3.05, 3.63) is 11.9 Å². The number of hydrogen-bond donors (Lipinski definition) is 1. The molecule has 6 heteroatoms. The van der Waals surface area contributed by atoms with Crippen LogP contribution in [0.5, 0.6) is 0 Å². The molecule has 76 valence electrons. The van der Waals surface area contributed by atoms with Gasteiger partial charge >= 0.3 is 13.6 Å². The molecule has 13 heavy (non-hydrogen) atoms. The molecule has 0 amide bonds. The highest BCUT2D eigenvalue weighted by Gasteiger charge is 2.14. The fraction of sp³-hybridized carbons (Fsp3) is 0.571. The smallest absolute Gasteiger partial charge is 0.353 e. The average Bonchev–Trinajstić information content (AvgIpc) is 2.12. The van der Waals surface area contributed by atoms with E-state index in [0.29, 0.717) is 6.42 Å². The number of carbonyl (C=O) groups is 1. The standard InChI is InChI=1S/C7H13O5P/c1-11-13(10,12-2)6-4-3-5-7(8)9/h4,6H,3,5H2,1-2H3,(H,8,9)/b6-4+. The van der Waals surface area contributed by atoms with Gasteiger partial charge in [0, 0.05) is 26.5 Å². The molecule has 0 fully saturated rings. The lowest BCUT2D eigenvalue weighted by Gasteiger charge is -2.07. The lowest BCUT2D eigenvalue weighted by atomic mass is 10.3. The molecule has 0 bridgehead atoms. The van der Waals surface area contributed by atoms with Crippen molar-refractivity contribution < 1.29 is 23.5 Å². The third-order valence-electron chi connectivity index (χ3n) is 1.32. The van der Waals surface area contributed by atoms with E-state index in [1.165, 1.54) is 26.1 Å². The second-order valence-electron chi connectivity index (χ2n) is 2.22. The lowest BCUT2D eigenvalue weighted by Crippen LogP contribution is -1.91. The Labute approximate surface area is 76.9 Å². The van der Waals surface area contributed by atoms with Gasteiger partial charge in [0.1, 0.15) is 0 Å². The van der Waals surface area contributed by atoms with Gasteiger partial charge in [0.05, 0.1) is 0 Å². The summed E-state index contributed by atoms with van der Waals surface area (Å²) in [5, 5.41) is 8.29. The summed E-state index contributed by atoms with van der Waals surface area (Å²) in [4.78, 5) is 10.1. The summed E-state index contributed by atoms with van der Waals surface area (Å²) in [6, 6.07) is 0. The molecule has 5 nitrogen and oxygen atoms in total. The van der Waals surface area contributed by atoms with Gasteiger partial charge in [0.2, 0.25) is 0 Å². The molecule has 0 unspecified atom stereocenters. The third kappa shape index (κ3) is 5.58. The van der Waals surface area contributed by atoms with E-state index in [1.807, 2.05) is 0 Å². The normalized spacial score (nSPS) is 12.2. The maximum Gasteiger partial charge on any atom is 0.353 e. The first kappa shape index (κ1) is 12.4. The Morgan fingerprint density at radius 1 is 1.46 bits per heavy atom. The van der Waals surface area contributed by atoms with Crippen molar-refractivity contribution in [2.24, 2.45) is 0 Å². The van der Waals surface area contributed by atoms with Crippen molar-refractivity contribution in [2.45, 2.75) is 12.8 Å². The molecule has 0 aliphatic rings. The van der Waals surface area contributed by atoms with E-state index in [-0.39, 0.29) is 6.42 Å². The maximum absolute atomic E-state index is 11.3. The van der Waals surface area contributed by atoms with Crippen LogP contribution in [0.2, 0.25) is 0 Å². The van der Waals surface area contributed by atoms with Crippen LogP contribution in [0.25, 0.3) is 0 Å². The number of aliphatic carboxylic acids is 1. The van der Waals surface area contributed by atoms with Crippen LogP contribution in [0.4, 0.5) is 0 Å². The summed E-state index contributed by atoms with van der Waals surface area (Å²) in [7, 11) is -0.575. The molecule has 0 aromatic rings. The van der Waals surface area contributed by atoms with E-state index in [9.17, 15) is 9.36 Å². The quantitative estimate of drug-likeness (QED) is 0.674. The molecular weight excluding hydrogens is 195 g/mol. The predicted molar refractivity (Wildman–Crippen MR) is 47.6 cm³/mol. The molecule has 0 spiro atoms. The molecule has 0 radical (unpaired) electrons. The monoisotopic (exact) mass is 208 g/mol. The minimum atomic E-state index is -3.11. The van der Waals surface area contributed by atoms with Crippen LogP contribution >= 0.6 is 7.60 Å². The average molecular weight is 208 g/mol. The molecule has 0 aromatic carbocycles. The number of allylic oxidation sites excluding steroid dienone is 1. The van der Waals surface area contributed by atoms with Gasteiger partial charge in [-0.2, -0.15) is 0 Å². The second kappa shape index (κ2) is 5.91. The molecule has 0 saturated carbocycles. The highest BCUT2D eigenvalue weighted by Crippen LogP contribution is 2.47. The Balaban J connectivity index is 3.95. The van der Waals surface area contributed by atoms with Crippen LogP contribution < -0.4 is 0 Å². The minimum absolute atomic E-state index is 0.00390. The first-order valence-electron chi connectivity index (χ1n) is 3.65. The zero-order chi connectivity index (χ0) is 10.3. The van der Waals surface area contributed by atoms with Crippen LogP contribution in [-0.4, -0.2) is 25.3 Å². The molecule has 0 rings (SSSR count). The van der Waals surface area contributed by atoms with Crippen molar-refractivity contribution in [1.29, 1.82) is 0 Å². The van der Waals surface area contributed by atoms with Gasteiger partial charge in [0.15, 0.2) is 0 Å². The van der Waals surface area contributed by atoms with Crippen LogP contribution in [0, 0.1) is 0 Å². The molecule has 0 saturated heterocycles. The number of rotatable bonds is 6. The van der Waals surface area contributed by atoms with E-state index in [2.05, 4.69) is 9.05 Å². The molecule has 0 heterocycles. The van der Waals surface area contributed by atoms with Crippen molar-refractivity contribution in [2.75, 3.05) is 14.2 Å². The summed E-state index contributed by atoms with van der Waals surface area (Å²) in [6.45, 7) is 0. The SMILES string of the molecule is COP(=O)(/C=C/CCC(=O)O)OC. The third-order valence-corrected chi connectivity index (χ3v) is 2.92. The maximum atomic E-state index is 11.3. The fourth-order valence-corrected chi connectivity index (χ4v) is 1.41. The largest absolute Gasteiger partial charge is 0.481 e. The first-order chi connectivity index (χ1) is 6.04. The lowest BCUT2D eigenvalue weighted by molar-refractivity contribution is -0.136. The summed E-state index contributed by atoms with van der Waals surface area (Å²) in [5.74, 6) is 0.366. The molecule has 0 aliphatic heterocycles. The fourth-order valence-electron chi connectivity index (χ4n) is 0.607. The van der Waals surface area contributed by atoms with Crippen molar-refractivity contribution in [3.8, 4) is 0 Å². The second-order valence-corrected chi connectivity index (χ2v) is 4.33. The van der Waals surface area contributed by atoms with Crippen LogP contribution in [-0.2, 0) is 18.4 Å². The van der Waals surface area contributed by atoms with Gasteiger partial charge in [-0.25, -0.2) is 0 Å². The predicted octanol–water partition coefficient (Wildman–Crippen LogP) is 1.85. The van der Waals surface area contributed by atoms with E-state index < -0.39 is 13.6 Å². The summed E-state index contributed by atoms with van der Waals surface area (Å²) in [5.41, 5.74) is 0. The Kier molecular flexibility index (Phi) is 5.62. The van der Waals surface area contributed by atoms with E-state index in [1.54, 1.807) is 0 Å². The van der Waals surface area contributed by atoms with Gasteiger partial charge in [-0.05, 0) is 6.42 Å². The van der Waals surface area contributed by atoms with Gasteiger partial charge in [-0.1, -0.05) is 6.08 Å². The summed E-state index contributed by atoms with van der Waals surface area (Å²) < 4.78 is 20.5. The Hall–Kier alpha value is -0.640. The number of carboxylic acids is 1. The molecule has 0 atom stereocenters. The molecule has 1 N–H and O–H groups in total. The highest BCUT2D eigenvalue weighted by molar-refractivity contribution is 7.57. The summed E-state index contributed by atoms with van der Waals surface area (Å²) >= 11 is 0. The topological polar surface area (TPSA) is 72.8 Å². The highest BCUT2D eigenvalue weighted by atomic mass is 31.2. The molecule has 0 aliphatic carbocycles. The summed E-state index contributed by atoms with van der Waals surface area (Å²) in [6.07, 6.45) is 1.79. The van der Waals surface area contributed by atoms with Crippen molar-refractivity contribution >= 4 is 13.6 Å². The molecule has 0 aromatic heterocycles. The van der Waals surface area contributed by atoms with E-state index in [0.717, 1.165) is 0 Å². The van der Waals surface area contributed by atoms with Crippen LogP contribution in [0.15, 0.2) is 11.9 Å². The van der Waals surface area contributed by atoms with Gasteiger partial charge in [-0.3, -0.25) is 9.36 Å². The number of carboxylic acid groups (broad SMARTS) is 1. The van der Waals surface area contributed by atoms with Crippen LogP contribution in [0.3, 0.4) is 0 Å². The zero-order valence-corrected chi connectivity index (χ0v) is 8.49. The number of hydrogen-bond acceptors (Lipinski definition) is 4. The van der Waals surface area contributed by atoms with Crippen molar-refractivity contribution in [1.82, 2.24) is 0 Å². The Bertz CT molecular complexity index is 227. The minimum Gasteiger partial charge on any atom is -0.481 e. The van der Waals surface area contributed by atoms with Gasteiger partial charge < -0.3 is 14.2 Å². The molecular formula is C7H13O5P. The van der Waals surface area contributed by atoms with Gasteiger partial charge in [-0.15, -0.1) is 0 Å². The van der Waals surface area contributed by atoms with Crippen molar-refractivity contribution in [3.63, 3.8) is 0 Å². The van der Waals surface area contributed by atoms with E-state index in [4.69, 9.17) is 5.11 Å². The first-order valence-corrected chi connectivity index (χ1v) is 5.26. The van der Waals surface area contributed by atoms with Gasteiger partial charge in [0.25, 0.3) is 0 Å². The Morgan fingerprint density at radius 2 is 2.00 bits per heavy atom.